The Hall–Kier alpha value is -2.37. The number of ketones is 1. The summed E-state index contributed by atoms with van der Waals surface area (Å²) in [5.41, 5.74) is 3.43. The first kappa shape index (κ1) is 19.6. The number of hydrogen-bond donors (Lipinski definition) is 0. The van der Waals surface area contributed by atoms with Gasteiger partial charge in [-0.15, -0.1) is 0 Å². The Morgan fingerprint density at radius 3 is 1.53 bits per heavy atom. The Morgan fingerprint density at radius 1 is 0.667 bits per heavy atom. The molecule has 0 amide bonds. The third kappa shape index (κ3) is 4.09. The number of nitrogens with zero attached hydrogens (tertiary/aromatic N) is 2. The molecule has 0 unspecified atom stereocenters. The average Bonchev–Trinajstić information content (AvgIpc) is 2.96. The van der Waals surface area contributed by atoms with E-state index in [4.69, 9.17) is 9.47 Å². The number of likely N-dealkylation sites (tertiary alicyclic amines) is 2. The molecule has 30 heavy (non-hydrogen) atoms. The Labute approximate surface area is 178 Å². The maximum absolute atomic E-state index is 12.8. The van der Waals surface area contributed by atoms with E-state index >= 15 is 0 Å². The SMILES string of the molecule is O=C1c2ccc(OCCCN3CCC3)cc2-c2cc(OCCCN3CCC3)ccc21. The first-order chi connectivity index (χ1) is 14.8. The predicted octanol–water partition coefficient (Wildman–Crippen LogP) is 3.85. The molecule has 2 heterocycles. The van der Waals surface area contributed by atoms with Crippen molar-refractivity contribution in [2.45, 2.75) is 25.7 Å². The Bertz CT molecular complexity index is 845. The molecule has 0 radical (unpaired) electrons. The van der Waals surface area contributed by atoms with Crippen LogP contribution in [0.25, 0.3) is 11.1 Å². The lowest BCUT2D eigenvalue weighted by molar-refractivity contribution is 0.104. The maximum Gasteiger partial charge on any atom is 0.194 e. The van der Waals surface area contributed by atoms with Gasteiger partial charge in [-0.3, -0.25) is 4.79 Å². The molecule has 0 N–H and O–H groups in total. The monoisotopic (exact) mass is 406 g/mol. The van der Waals surface area contributed by atoms with Gasteiger partial charge < -0.3 is 19.3 Å². The highest BCUT2D eigenvalue weighted by atomic mass is 16.5. The molecule has 1 aliphatic carbocycles. The van der Waals surface area contributed by atoms with Gasteiger partial charge in [0.2, 0.25) is 0 Å². The van der Waals surface area contributed by atoms with Crippen molar-refractivity contribution in [3.8, 4) is 22.6 Å². The number of carbonyl (C=O) groups is 1. The highest BCUT2D eigenvalue weighted by Gasteiger charge is 2.27. The van der Waals surface area contributed by atoms with Gasteiger partial charge in [-0.05, 0) is 99.4 Å². The van der Waals surface area contributed by atoms with Crippen LogP contribution in [0.3, 0.4) is 0 Å². The average molecular weight is 407 g/mol. The second-order valence-electron chi connectivity index (χ2n) is 8.54. The minimum Gasteiger partial charge on any atom is -0.494 e. The highest BCUT2D eigenvalue weighted by Crippen LogP contribution is 2.40. The third-order valence-corrected chi connectivity index (χ3v) is 6.43. The molecular weight excluding hydrogens is 376 g/mol. The molecule has 0 saturated carbocycles. The molecule has 2 aromatic carbocycles. The molecule has 5 heteroatoms. The fourth-order valence-corrected chi connectivity index (χ4v) is 4.38. The van der Waals surface area contributed by atoms with Crippen LogP contribution in [-0.2, 0) is 0 Å². The molecule has 158 valence electrons. The molecule has 0 atom stereocenters. The Balaban J connectivity index is 1.22. The first-order valence-electron chi connectivity index (χ1n) is 11.3. The van der Waals surface area contributed by atoms with E-state index in [0.29, 0.717) is 13.2 Å². The summed E-state index contributed by atoms with van der Waals surface area (Å²) in [4.78, 5) is 17.7. The zero-order chi connectivity index (χ0) is 20.3. The molecule has 2 fully saturated rings. The number of fused-ring (bicyclic) bond motifs is 3. The van der Waals surface area contributed by atoms with Gasteiger partial charge in [0, 0.05) is 24.2 Å². The molecule has 2 aromatic rings. The van der Waals surface area contributed by atoms with Gasteiger partial charge in [-0.25, -0.2) is 0 Å². The summed E-state index contributed by atoms with van der Waals surface area (Å²) in [7, 11) is 0. The zero-order valence-electron chi connectivity index (χ0n) is 17.6. The number of rotatable bonds is 10. The summed E-state index contributed by atoms with van der Waals surface area (Å²) in [6.45, 7) is 8.50. The first-order valence-corrected chi connectivity index (χ1v) is 11.3. The van der Waals surface area contributed by atoms with Gasteiger partial charge in [0.25, 0.3) is 0 Å². The van der Waals surface area contributed by atoms with Crippen molar-refractivity contribution in [3.05, 3.63) is 47.5 Å². The van der Waals surface area contributed by atoms with Crippen molar-refractivity contribution in [3.63, 3.8) is 0 Å². The summed E-state index contributed by atoms with van der Waals surface area (Å²) < 4.78 is 11.9. The van der Waals surface area contributed by atoms with Gasteiger partial charge in [0.15, 0.2) is 5.78 Å². The van der Waals surface area contributed by atoms with Gasteiger partial charge in [-0.2, -0.15) is 0 Å². The lowest BCUT2D eigenvalue weighted by atomic mass is 10.1. The maximum atomic E-state index is 12.8. The van der Waals surface area contributed by atoms with Gasteiger partial charge in [0.1, 0.15) is 11.5 Å². The lowest BCUT2D eigenvalue weighted by Gasteiger charge is -2.30. The van der Waals surface area contributed by atoms with E-state index in [1.165, 1.54) is 39.0 Å². The van der Waals surface area contributed by atoms with Crippen LogP contribution in [0.4, 0.5) is 0 Å². The van der Waals surface area contributed by atoms with Gasteiger partial charge >= 0.3 is 0 Å². The van der Waals surface area contributed by atoms with Crippen molar-refractivity contribution >= 4 is 5.78 Å². The molecule has 2 aliphatic heterocycles. The summed E-state index contributed by atoms with van der Waals surface area (Å²) in [6.07, 6.45) is 4.70. The molecule has 2 saturated heterocycles. The van der Waals surface area contributed by atoms with Crippen LogP contribution in [0.5, 0.6) is 11.5 Å². The molecular formula is C25H30N2O3. The number of ether oxygens (including phenoxy) is 2. The summed E-state index contributed by atoms with van der Waals surface area (Å²) >= 11 is 0. The minimum atomic E-state index is 0.0914. The number of benzene rings is 2. The van der Waals surface area contributed by atoms with Crippen LogP contribution in [0, 0.1) is 0 Å². The van der Waals surface area contributed by atoms with Crippen LogP contribution in [-0.4, -0.2) is 68.1 Å². The zero-order valence-corrected chi connectivity index (χ0v) is 17.6. The standard InChI is InChI=1S/C25H30N2O3/c28-25-21-7-5-19(29-15-3-13-26-9-1-10-26)17-23(21)24-18-20(6-8-22(24)25)30-16-4-14-27-11-2-12-27/h5-8,17-18H,1-4,9-16H2. The number of carbonyl (C=O) groups excluding carboxylic acids is 1. The van der Waals surface area contributed by atoms with Crippen LogP contribution < -0.4 is 9.47 Å². The van der Waals surface area contributed by atoms with E-state index in [1.54, 1.807) is 0 Å². The third-order valence-electron chi connectivity index (χ3n) is 6.43. The van der Waals surface area contributed by atoms with Crippen LogP contribution in [0.1, 0.15) is 41.6 Å². The fourth-order valence-electron chi connectivity index (χ4n) is 4.38. The van der Waals surface area contributed by atoms with E-state index in [9.17, 15) is 4.79 Å². The highest BCUT2D eigenvalue weighted by molar-refractivity contribution is 6.21. The predicted molar refractivity (Wildman–Crippen MR) is 118 cm³/mol. The van der Waals surface area contributed by atoms with Crippen molar-refractivity contribution in [1.82, 2.24) is 9.80 Å². The van der Waals surface area contributed by atoms with E-state index in [2.05, 4.69) is 9.80 Å². The quantitative estimate of drug-likeness (QED) is 0.479. The van der Waals surface area contributed by atoms with Crippen molar-refractivity contribution in [1.29, 1.82) is 0 Å². The molecule has 0 spiro atoms. The Kier molecular flexibility index (Phi) is 5.73. The van der Waals surface area contributed by atoms with Crippen LogP contribution in [0.2, 0.25) is 0 Å². The molecule has 5 rings (SSSR count). The lowest BCUT2D eigenvalue weighted by Crippen LogP contribution is -2.38. The smallest absolute Gasteiger partial charge is 0.194 e. The van der Waals surface area contributed by atoms with Gasteiger partial charge in [0.05, 0.1) is 13.2 Å². The van der Waals surface area contributed by atoms with Crippen molar-refractivity contribution in [2.24, 2.45) is 0 Å². The summed E-state index contributed by atoms with van der Waals surface area (Å²) in [6, 6.07) is 11.7. The van der Waals surface area contributed by atoms with Crippen molar-refractivity contribution < 1.29 is 14.3 Å². The molecule has 0 bridgehead atoms. The summed E-state index contributed by atoms with van der Waals surface area (Å²) in [5.74, 6) is 1.76. The second-order valence-corrected chi connectivity index (χ2v) is 8.54. The van der Waals surface area contributed by atoms with E-state index < -0.39 is 0 Å². The second kappa shape index (κ2) is 8.78. The minimum absolute atomic E-state index is 0.0914. The van der Waals surface area contributed by atoms with Gasteiger partial charge in [-0.1, -0.05) is 0 Å². The number of hydrogen-bond acceptors (Lipinski definition) is 5. The normalized spacial score (nSPS) is 17.8. The molecule has 3 aliphatic rings. The van der Waals surface area contributed by atoms with E-state index in [-0.39, 0.29) is 5.78 Å². The topological polar surface area (TPSA) is 42.0 Å². The van der Waals surface area contributed by atoms with Crippen molar-refractivity contribution in [2.75, 3.05) is 52.5 Å². The molecule has 5 nitrogen and oxygen atoms in total. The van der Waals surface area contributed by atoms with Crippen LogP contribution >= 0.6 is 0 Å². The largest absolute Gasteiger partial charge is 0.494 e. The van der Waals surface area contributed by atoms with E-state index in [1.807, 2.05) is 36.4 Å². The molecule has 0 aromatic heterocycles. The van der Waals surface area contributed by atoms with Crippen LogP contribution in [0.15, 0.2) is 36.4 Å². The fraction of sp³-hybridized carbons (Fsp3) is 0.480. The Morgan fingerprint density at radius 2 is 1.13 bits per heavy atom. The van der Waals surface area contributed by atoms with E-state index in [0.717, 1.165) is 59.7 Å². The summed E-state index contributed by atoms with van der Waals surface area (Å²) in [5, 5.41) is 0.